The first-order chi connectivity index (χ1) is 11.4. The molecule has 1 amide bonds. The van der Waals surface area contributed by atoms with Gasteiger partial charge in [-0.3, -0.25) is 10.2 Å². The Hall–Kier alpha value is -2.08. The molecule has 6 heteroatoms. The number of rotatable bonds is 4. The van der Waals surface area contributed by atoms with Gasteiger partial charge in [0.15, 0.2) is 0 Å². The van der Waals surface area contributed by atoms with Gasteiger partial charge in [-0.15, -0.1) is 0 Å². The van der Waals surface area contributed by atoms with E-state index in [1.165, 1.54) is 6.42 Å². The lowest BCUT2D eigenvalue weighted by Gasteiger charge is -2.28. The molecule has 0 aliphatic carbocycles. The Labute approximate surface area is 144 Å². The van der Waals surface area contributed by atoms with E-state index in [9.17, 15) is 9.59 Å². The highest BCUT2D eigenvalue weighted by Crippen LogP contribution is 2.09. The van der Waals surface area contributed by atoms with Crippen LogP contribution in [0.2, 0.25) is 0 Å². The van der Waals surface area contributed by atoms with E-state index in [1.54, 1.807) is 0 Å². The Morgan fingerprint density at radius 3 is 2.33 bits per heavy atom. The number of carbonyl (C=O) groups excluding carboxylic acids is 2. The summed E-state index contributed by atoms with van der Waals surface area (Å²) in [5, 5.41) is 1.93. The third-order valence-corrected chi connectivity index (χ3v) is 3.17. The van der Waals surface area contributed by atoms with Crippen molar-refractivity contribution in [2.24, 2.45) is 0 Å². The third kappa shape index (κ3) is 9.84. The molecule has 6 nitrogen and oxygen atoms in total. The van der Waals surface area contributed by atoms with Gasteiger partial charge in [0.05, 0.1) is 0 Å². The van der Waals surface area contributed by atoms with Crippen LogP contribution in [0.3, 0.4) is 0 Å². The van der Waals surface area contributed by atoms with Gasteiger partial charge in [-0.25, -0.2) is 9.80 Å². The highest BCUT2D eigenvalue weighted by atomic mass is 16.6. The number of piperidine rings is 1. The van der Waals surface area contributed by atoms with E-state index in [2.05, 4.69) is 10.2 Å². The largest absolute Gasteiger partial charge is 0.463 e. The van der Waals surface area contributed by atoms with Gasteiger partial charge in [-0.1, -0.05) is 36.8 Å². The predicted molar refractivity (Wildman–Crippen MR) is 92.1 cm³/mol. The van der Waals surface area contributed by atoms with Gasteiger partial charge < -0.3 is 9.47 Å². The van der Waals surface area contributed by atoms with Gasteiger partial charge in [0.2, 0.25) is 0 Å². The van der Waals surface area contributed by atoms with Crippen LogP contribution in [0.25, 0.3) is 0 Å². The molecule has 1 fully saturated rings. The van der Waals surface area contributed by atoms with Gasteiger partial charge in [-0.05, 0) is 39.2 Å². The number of hydrogen-bond donors (Lipinski definition) is 1. The summed E-state index contributed by atoms with van der Waals surface area (Å²) in [6, 6.07) is 9.55. The molecule has 1 N–H and O–H groups in total. The molecule has 134 valence electrons. The molecule has 0 atom stereocenters. The minimum Gasteiger partial charge on any atom is -0.463 e. The molecule has 1 aliphatic heterocycles. The predicted octanol–water partition coefficient (Wildman–Crippen LogP) is 3.27. The van der Waals surface area contributed by atoms with Crippen molar-refractivity contribution in [3.05, 3.63) is 35.9 Å². The summed E-state index contributed by atoms with van der Waals surface area (Å²) < 4.78 is 9.69. The molecule has 1 aromatic carbocycles. The molecule has 1 heterocycles. The van der Waals surface area contributed by atoms with Crippen LogP contribution in [0.4, 0.5) is 4.79 Å². The highest BCUT2D eigenvalue weighted by Gasteiger charge is 2.19. The van der Waals surface area contributed by atoms with Crippen molar-refractivity contribution in [1.29, 1.82) is 0 Å². The van der Waals surface area contributed by atoms with Gasteiger partial charge in [0.25, 0.3) is 6.47 Å². The summed E-state index contributed by atoms with van der Waals surface area (Å²) in [5.41, 5.74) is 3.34. The standard InChI is InChI=1S/C10H20N2O2.C8H8O2/c1-10(2,3)14-9(13)11-12-7-5-4-6-8-12;9-7-10-6-8-4-2-1-3-5-8/h4-8H2,1-3H3,(H,11,13);1-5,7H,6H2. The number of nitrogens with zero attached hydrogens (tertiary/aromatic N) is 1. The van der Waals surface area contributed by atoms with Crippen LogP contribution in [-0.2, 0) is 20.9 Å². The number of ether oxygens (including phenoxy) is 2. The first kappa shape index (κ1) is 20.0. The summed E-state index contributed by atoms with van der Waals surface area (Å²) in [7, 11) is 0. The molecule has 0 aromatic heterocycles. The Morgan fingerprint density at radius 2 is 1.79 bits per heavy atom. The summed E-state index contributed by atoms with van der Waals surface area (Å²) in [4.78, 5) is 21.1. The van der Waals surface area contributed by atoms with Crippen molar-refractivity contribution >= 4 is 12.6 Å². The molecule has 0 saturated carbocycles. The summed E-state index contributed by atoms with van der Waals surface area (Å²) in [6.45, 7) is 8.27. The zero-order chi connectivity index (χ0) is 17.8. The van der Waals surface area contributed by atoms with Crippen LogP contribution < -0.4 is 5.43 Å². The number of hydrogen-bond acceptors (Lipinski definition) is 5. The average molecular weight is 336 g/mol. The minimum atomic E-state index is -0.417. The first-order valence-electron chi connectivity index (χ1n) is 8.24. The lowest BCUT2D eigenvalue weighted by atomic mass is 10.2. The molecule has 0 spiro atoms. The number of carbonyl (C=O) groups is 2. The second-order valence-electron chi connectivity index (χ2n) is 6.55. The van der Waals surface area contributed by atoms with Crippen LogP contribution in [-0.4, -0.2) is 36.3 Å². The monoisotopic (exact) mass is 336 g/mol. The molecule has 1 aliphatic rings. The topological polar surface area (TPSA) is 67.9 Å². The zero-order valence-electron chi connectivity index (χ0n) is 14.8. The SMILES string of the molecule is CC(C)(C)OC(=O)NN1CCCCC1.O=COCc1ccccc1. The van der Waals surface area contributed by atoms with Gasteiger partial charge in [0.1, 0.15) is 12.2 Å². The molecule has 1 saturated heterocycles. The van der Waals surface area contributed by atoms with Crippen LogP contribution in [0.15, 0.2) is 30.3 Å². The maximum atomic E-state index is 11.4. The fraction of sp³-hybridized carbons (Fsp3) is 0.556. The molecule has 24 heavy (non-hydrogen) atoms. The zero-order valence-corrected chi connectivity index (χ0v) is 14.8. The Kier molecular flexibility index (Phi) is 8.86. The first-order valence-corrected chi connectivity index (χ1v) is 8.24. The maximum absolute atomic E-state index is 11.4. The van der Waals surface area contributed by atoms with Crippen molar-refractivity contribution in [2.45, 2.75) is 52.2 Å². The molecule has 0 radical (unpaired) electrons. The van der Waals surface area contributed by atoms with Crippen LogP contribution in [0, 0.1) is 0 Å². The van der Waals surface area contributed by atoms with Crippen molar-refractivity contribution < 1.29 is 19.1 Å². The van der Waals surface area contributed by atoms with E-state index in [1.807, 2.05) is 56.1 Å². The highest BCUT2D eigenvalue weighted by molar-refractivity contribution is 5.67. The van der Waals surface area contributed by atoms with E-state index in [0.29, 0.717) is 13.1 Å². The Bertz CT molecular complexity index is 480. The third-order valence-electron chi connectivity index (χ3n) is 3.17. The number of hydrazine groups is 1. The van der Waals surface area contributed by atoms with Gasteiger partial charge >= 0.3 is 6.09 Å². The van der Waals surface area contributed by atoms with E-state index in [4.69, 9.17) is 4.74 Å². The number of nitrogens with one attached hydrogen (secondary N) is 1. The van der Waals surface area contributed by atoms with Crippen molar-refractivity contribution in [3.63, 3.8) is 0 Å². The number of amides is 1. The van der Waals surface area contributed by atoms with Crippen LogP contribution >= 0.6 is 0 Å². The molecule has 1 aromatic rings. The minimum absolute atomic E-state index is 0.348. The fourth-order valence-corrected chi connectivity index (χ4v) is 2.14. The summed E-state index contributed by atoms with van der Waals surface area (Å²) in [6.07, 6.45) is 3.21. The van der Waals surface area contributed by atoms with Crippen LogP contribution in [0.5, 0.6) is 0 Å². The van der Waals surface area contributed by atoms with Gasteiger partial charge in [-0.2, -0.15) is 0 Å². The van der Waals surface area contributed by atoms with Gasteiger partial charge in [0, 0.05) is 13.1 Å². The second kappa shape index (κ2) is 10.6. The quantitative estimate of drug-likeness (QED) is 0.855. The summed E-state index contributed by atoms with van der Waals surface area (Å²) >= 11 is 0. The Balaban J connectivity index is 0.000000254. The lowest BCUT2D eigenvalue weighted by Crippen LogP contribution is -2.46. The van der Waals surface area contributed by atoms with E-state index < -0.39 is 5.60 Å². The molecule has 0 bridgehead atoms. The average Bonchev–Trinajstić information content (AvgIpc) is 2.53. The van der Waals surface area contributed by atoms with E-state index in [-0.39, 0.29) is 6.09 Å². The molecule has 2 rings (SSSR count). The normalized spacial score (nSPS) is 14.8. The molecular weight excluding hydrogens is 308 g/mol. The van der Waals surface area contributed by atoms with Crippen molar-refractivity contribution in [2.75, 3.05) is 13.1 Å². The van der Waals surface area contributed by atoms with Crippen LogP contribution in [0.1, 0.15) is 45.6 Å². The van der Waals surface area contributed by atoms with Crippen molar-refractivity contribution in [3.8, 4) is 0 Å². The molecular formula is C18H28N2O4. The molecule has 0 unspecified atom stereocenters. The second-order valence-corrected chi connectivity index (χ2v) is 6.55. The maximum Gasteiger partial charge on any atom is 0.422 e. The van der Waals surface area contributed by atoms with Crippen molar-refractivity contribution in [1.82, 2.24) is 10.4 Å². The van der Waals surface area contributed by atoms with E-state index in [0.717, 1.165) is 31.5 Å². The van der Waals surface area contributed by atoms with E-state index >= 15 is 0 Å². The fourth-order valence-electron chi connectivity index (χ4n) is 2.14. The summed E-state index contributed by atoms with van der Waals surface area (Å²) in [5.74, 6) is 0. The Morgan fingerprint density at radius 1 is 1.17 bits per heavy atom. The smallest absolute Gasteiger partial charge is 0.422 e. The number of benzene rings is 1. The lowest BCUT2D eigenvalue weighted by molar-refractivity contribution is -0.129.